The van der Waals surface area contributed by atoms with Gasteiger partial charge in [0.15, 0.2) is 0 Å². The van der Waals surface area contributed by atoms with E-state index in [0.717, 1.165) is 0 Å². The Balaban J connectivity index is 0.00000225. The summed E-state index contributed by atoms with van der Waals surface area (Å²) in [7, 11) is -1.66. The van der Waals surface area contributed by atoms with Crippen LogP contribution in [0.25, 0.3) is 0 Å². The molecule has 6 nitrogen and oxygen atoms in total. The van der Waals surface area contributed by atoms with Crippen molar-refractivity contribution in [1.29, 1.82) is 0 Å². The number of sulfonamides is 1. The molecule has 1 rings (SSSR count). The van der Waals surface area contributed by atoms with Crippen LogP contribution >= 0.6 is 12.4 Å². The molecule has 16 heavy (non-hydrogen) atoms. The lowest BCUT2D eigenvalue weighted by atomic mass is 10.4. The molecule has 1 aromatic heterocycles. The first kappa shape index (κ1) is 15.4. The normalized spacial score (nSPS) is 13.2. The summed E-state index contributed by atoms with van der Waals surface area (Å²) in [4.78, 5) is 0.200. The third kappa shape index (κ3) is 3.75. The van der Waals surface area contributed by atoms with Crippen molar-refractivity contribution in [3.8, 4) is 0 Å². The number of hydrogen-bond acceptors (Lipinski definition) is 4. The lowest BCUT2D eigenvalue weighted by molar-refractivity contribution is 0.554. The Morgan fingerprint density at radius 3 is 2.62 bits per heavy atom. The fraction of sp³-hybridized carbons (Fsp3) is 0.625. The van der Waals surface area contributed by atoms with E-state index in [1.165, 1.54) is 6.20 Å². The maximum absolute atomic E-state index is 11.7. The summed E-state index contributed by atoms with van der Waals surface area (Å²) in [6.45, 7) is 3.91. The van der Waals surface area contributed by atoms with Gasteiger partial charge >= 0.3 is 0 Å². The number of aromatic amines is 1. The second-order valence-electron chi connectivity index (χ2n) is 3.40. The predicted octanol–water partition coefficient (Wildman–Crippen LogP) is 0.0261. The van der Waals surface area contributed by atoms with Gasteiger partial charge in [-0.3, -0.25) is 5.10 Å². The second kappa shape index (κ2) is 6.19. The Morgan fingerprint density at radius 2 is 2.19 bits per heavy atom. The largest absolute Gasteiger partial charge is 0.316 e. The van der Waals surface area contributed by atoms with Crippen molar-refractivity contribution < 1.29 is 8.42 Å². The van der Waals surface area contributed by atoms with Crippen LogP contribution in [0.5, 0.6) is 0 Å². The van der Waals surface area contributed by atoms with Gasteiger partial charge in [-0.2, -0.15) is 5.10 Å². The monoisotopic (exact) mass is 268 g/mol. The van der Waals surface area contributed by atoms with Crippen molar-refractivity contribution in [2.75, 3.05) is 13.6 Å². The van der Waals surface area contributed by atoms with Crippen molar-refractivity contribution in [2.45, 2.75) is 24.8 Å². The van der Waals surface area contributed by atoms with Crippen molar-refractivity contribution in [3.63, 3.8) is 0 Å². The summed E-state index contributed by atoms with van der Waals surface area (Å²) in [6, 6.07) is 0.0898. The van der Waals surface area contributed by atoms with Crippen molar-refractivity contribution in [3.05, 3.63) is 11.9 Å². The molecule has 3 N–H and O–H groups in total. The summed E-state index contributed by atoms with van der Waals surface area (Å²) in [6.07, 6.45) is 1.31. The van der Waals surface area contributed by atoms with Crippen LogP contribution in [0.2, 0.25) is 0 Å². The molecule has 94 valence electrons. The Morgan fingerprint density at radius 1 is 1.56 bits per heavy atom. The van der Waals surface area contributed by atoms with E-state index in [1.807, 2.05) is 6.92 Å². The molecule has 0 bridgehead atoms. The van der Waals surface area contributed by atoms with Gasteiger partial charge < -0.3 is 5.32 Å². The number of nitrogens with zero attached hydrogens (tertiary/aromatic N) is 1. The molecule has 0 saturated heterocycles. The first-order chi connectivity index (χ1) is 6.97. The number of aromatic nitrogens is 2. The molecule has 0 radical (unpaired) electrons. The molecule has 0 spiro atoms. The average molecular weight is 269 g/mol. The van der Waals surface area contributed by atoms with Crippen LogP contribution in [0, 0.1) is 6.92 Å². The first-order valence-corrected chi connectivity index (χ1v) is 6.12. The Kier molecular flexibility index (Phi) is 5.95. The highest BCUT2D eigenvalue weighted by molar-refractivity contribution is 7.89. The van der Waals surface area contributed by atoms with E-state index in [-0.39, 0.29) is 23.3 Å². The molecule has 0 aromatic carbocycles. The van der Waals surface area contributed by atoms with E-state index in [2.05, 4.69) is 20.2 Å². The summed E-state index contributed by atoms with van der Waals surface area (Å²) >= 11 is 0. The molecule has 0 saturated carbocycles. The highest BCUT2D eigenvalue weighted by Crippen LogP contribution is 2.10. The molecule has 1 unspecified atom stereocenters. The predicted molar refractivity (Wildman–Crippen MR) is 64.3 cm³/mol. The number of H-pyrrole nitrogens is 1. The average Bonchev–Trinajstić information content (AvgIpc) is 2.61. The number of nitrogens with one attached hydrogen (secondary N) is 3. The standard InChI is InChI=1S/C8H16N4O2S.ClH/c1-6(9-3)4-11-15(13,14)8-5-10-12-7(8)2;/h5-6,9,11H,4H2,1-3H3,(H,10,12);1H. The van der Waals surface area contributed by atoms with Crippen molar-refractivity contribution >= 4 is 22.4 Å². The Bertz CT molecular complexity index is 417. The summed E-state index contributed by atoms with van der Waals surface area (Å²) in [5.41, 5.74) is 0.541. The van der Waals surface area contributed by atoms with Crippen LogP contribution in [-0.2, 0) is 10.0 Å². The molecule has 0 aliphatic heterocycles. The number of rotatable bonds is 5. The van der Waals surface area contributed by atoms with Gasteiger partial charge in [0.2, 0.25) is 10.0 Å². The fourth-order valence-electron chi connectivity index (χ4n) is 1.03. The van der Waals surface area contributed by atoms with Crippen LogP contribution < -0.4 is 10.0 Å². The number of halogens is 1. The molecule has 1 aromatic rings. The Hall–Kier alpha value is -0.630. The minimum atomic E-state index is -3.44. The third-order valence-corrected chi connectivity index (χ3v) is 3.68. The van der Waals surface area contributed by atoms with Crippen molar-refractivity contribution in [2.24, 2.45) is 0 Å². The van der Waals surface area contributed by atoms with Gasteiger partial charge in [-0.1, -0.05) is 0 Å². The van der Waals surface area contributed by atoms with Gasteiger partial charge in [-0.15, -0.1) is 12.4 Å². The molecule has 1 atom stereocenters. The summed E-state index contributed by atoms with van der Waals surface area (Å²) in [5, 5.41) is 9.21. The fourth-order valence-corrected chi connectivity index (χ4v) is 2.29. The molecular weight excluding hydrogens is 252 g/mol. The summed E-state index contributed by atoms with van der Waals surface area (Å²) < 4.78 is 26.0. The van der Waals surface area contributed by atoms with Gasteiger partial charge in [0.25, 0.3) is 0 Å². The third-order valence-electron chi connectivity index (χ3n) is 2.15. The van der Waals surface area contributed by atoms with Crippen LogP contribution in [-0.4, -0.2) is 38.2 Å². The summed E-state index contributed by atoms with van der Waals surface area (Å²) in [5.74, 6) is 0. The van der Waals surface area contributed by atoms with Crippen LogP contribution in [0.4, 0.5) is 0 Å². The van der Waals surface area contributed by atoms with Crippen molar-refractivity contribution in [1.82, 2.24) is 20.2 Å². The maximum atomic E-state index is 11.7. The number of hydrogen-bond donors (Lipinski definition) is 3. The zero-order valence-corrected chi connectivity index (χ0v) is 11.1. The van der Waals surface area contributed by atoms with E-state index in [1.54, 1.807) is 14.0 Å². The van der Waals surface area contributed by atoms with E-state index < -0.39 is 10.0 Å². The highest BCUT2D eigenvalue weighted by Gasteiger charge is 2.18. The number of aryl methyl sites for hydroxylation is 1. The topological polar surface area (TPSA) is 86.9 Å². The molecule has 1 heterocycles. The molecule has 0 aliphatic rings. The second-order valence-corrected chi connectivity index (χ2v) is 5.14. The van der Waals surface area contributed by atoms with E-state index in [0.29, 0.717) is 12.2 Å². The van der Waals surface area contributed by atoms with Gasteiger partial charge in [0.05, 0.1) is 11.9 Å². The Labute approximate surface area is 102 Å². The zero-order chi connectivity index (χ0) is 11.5. The van der Waals surface area contributed by atoms with Gasteiger partial charge in [0.1, 0.15) is 4.90 Å². The maximum Gasteiger partial charge on any atom is 0.244 e. The lowest BCUT2D eigenvalue weighted by Crippen LogP contribution is -2.37. The molecule has 0 amide bonds. The smallest absolute Gasteiger partial charge is 0.244 e. The molecule has 0 fully saturated rings. The molecular formula is C8H17ClN4O2S. The van der Waals surface area contributed by atoms with Gasteiger partial charge in [-0.25, -0.2) is 13.1 Å². The van der Waals surface area contributed by atoms with E-state index >= 15 is 0 Å². The van der Waals surface area contributed by atoms with E-state index in [4.69, 9.17) is 0 Å². The lowest BCUT2D eigenvalue weighted by Gasteiger charge is -2.11. The quantitative estimate of drug-likeness (QED) is 0.703. The molecule has 8 heteroatoms. The van der Waals surface area contributed by atoms with Crippen LogP contribution in [0.3, 0.4) is 0 Å². The van der Waals surface area contributed by atoms with E-state index in [9.17, 15) is 8.42 Å². The highest BCUT2D eigenvalue weighted by atomic mass is 35.5. The van der Waals surface area contributed by atoms with Crippen LogP contribution in [0.15, 0.2) is 11.1 Å². The zero-order valence-electron chi connectivity index (χ0n) is 9.44. The molecule has 0 aliphatic carbocycles. The minimum Gasteiger partial charge on any atom is -0.316 e. The number of likely N-dealkylation sites (N-methyl/N-ethyl adjacent to an activating group) is 1. The van der Waals surface area contributed by atoms with Gasteiger partial charge in [0, 0.05) is 12.6 Å². The van der Waals surface area contributed by atoms with Crippen LogP contribution in [0.1, 0.15) is 12.6 Å². The van der Waals surface area contributed by atoms with Gasteiger partial charge in [-0.05, 0) is 20.9 Å². The SMILES string of the molecule is CNC(C)CNS(=O)(=O)c1cn[nH]c1C.Cl. The minimum absolute atomic E-state index is 0. The first-order valence-electron chi connectivity index (χ1n) is 4.64.